The zero-order valence-electron chi connectivity index (χ0n) is 13.5. The number of nitrogens with one attached hydrogen (secondary N) is 1. The standard InChI is InChI=1S/C18H27NO2/c1-4-6-15-16-12-14(9-11-20-3)7-8-17(16)21-18(15)13-19-10-5-2/h7-8,12,19H,4-6,9-11,13H2,1-3H3. The molecule has 0 aliphatic rings. The van der Waals surface area contributed by atoms with E-state index in [1.165, 1.54) is 16.5 Å². The molecule has 0 radical (unpaired) electrons. The number of hydrogen-bond donors (Lipinski definition) is 1. The third kappa shape index (κ3) is 4.08. The van der Waals surface area contributed by atoms with Crippen LogP contribution in [0.15, 0.2) is 22.6 Å². The molecule has 21 heavy (non-hydrogen) atoms. The third-order valence-corrected chi connectivity index (χ3v) is 3.75. The number of ether oxygens (including phenoxy) is 1. The number of rotatable bonds is 9. The zero-order chi connectivity index (χ0) is 15.1. The van der Waals surface area contributed by atoms with Crippen molar-refractivity contribution < 1.29 is 9.15 Å². The van der Waals surface area contributed by atoms with Gasteiger partial charge in [0.1, 0.15) is 11.3 Å². The Kier molecular flexibility index (Phi) is 6.27. The van der Waals surface area contributed by atoms with Gasteiger partial charge in [0, 0.05) is 18.1 Å². The van der Waals surface area contributed by atoms with Gasteiger partial charge in [-0.3, -0.25) is 0 Å². The first-order chi connectivity index (χ1) is 10.3. The lowest BCUT2D eigenvalue weighted by atomic mass is 10.0. The minimum absolute atomic E-state index is 0.761. The highest BCUT2D eigenvalue weighted by Gasteiger charge is 2.13. The monoisotopic (exact) mass is 289 g/mol. The maximum Gasteiger partial charge on any atom is 0.134 e. The molecule has 0 amide bonds. The highest BCUT2D eigenvalue weighted by Crippen LogP contribution is 2.28. The van der Waals surface area contributed by atoms with Crippen LogP contribution >= 0.6 is 0 Å². The minimum atomic E-state index is 0.761. The Morgan fingerprint density at radius 1 is 1.14 bits per heavy atom. The van der Waals surface area contributed by atoms with E-state index in [1.807, 2.05) is 0 Å². The molecule has 2 aromatic rings. The van der Waals surface area contributed by atoms with Crippen LogP contribution in [0.25, 0.3) is 11.0 Å². The van der Waals surface area contributed by atoms with Crippen molar-refractivity contribution in [3.8, 4) is 0 Å². The third-order valence-electron chi connectivity index (χ3n) is 3.75. The van der Waals surface area contributed by atoms with E-state index in [0.717, 1.165) is 56.7 Å². The second-order valence-electron chi connectivity index (χ2n) is 5.50. The summed E-state index contributed by atoms with van der Waals surface area (Å²) in [6.45, 7) is 7.02. The molecule has 1 N–H and O–H groups in total. The van der Waals surface area contributed by atoms with Crippen molar-refractivity contribution in [2.45, 2.75) is 46.1 Å². The Hall–Kier alpha value is -1.32. The molecule has 0 fully saturated rings. The van der Waals surface area contributed by atoms with Gasteiger partial charge in [-0.25, -0.2) is 0 Å². The molecule has 2 rings (SSSR count). The van der Waals surface area contributed by atoms with Crippen LogP contribution in [0, 0.1) is 0 Å². The molecule has 116 valence electrons. The highest BCUT2D eigenvalue weighted by atomic mass is 16.5. The summed E-state index contributed by atoms with van der Waals surface area (Å²) in [5, 5.41) is 4.72. The second kappa shape index (κ2) is 8.20. The average Bonchev–Trinajstić information content (AvgIpc) is 2.83. The molecule has 1 aromatic carbocycles. The SMILES string of the molecule is CCCNCc1oc2ccc(CCOC)cc2c1CCC. The summed E-state index contributed by atoms with van der Waals surface area (Å²) in [5.74, 6) is 1.10. The van der Waals surface area contributed by atoms with Gasteiger partial charge in [-0.05, 0) is 43.5 Å². The molecule has 0 atom stereocenters. The van der Waals surface area contributed by atoms with Crippen LogP contribution in [0.4, 0.5) is 0 Å². The summed E-state index contributed by atoms with van der Waals surface area (Å²) >= 11 is 0. The average molecular weight is 289 g/mol. The molecule has 0 bridgehead atoms. The summed E-state index contributed by atoms with van der Waals surface area (Å²) < 4.78 is 11.2. The van der Waals surface area contributed by atoms with Gasteiger partial charge < -0.3 is 14.5 Å². The van der Waals surface area contributed by atoms with Crippen LogP contribution in [-0.4, -0.2) is 20.3 Å². The van der Waals surface area contributed by atoms with Crippen LogP contribution in [0.1, 0.15) is 43.6 Å². The smallest absolute Gasteiger partial charge is 0.134 e. The zero-order valence-corrected chi connectivity index (χ0v) is 13.5. The van der Waals surface area contributed by atoms with Gasteiger partial charge in [-0.15, -0.1) is 0 Å². The molecule has 0 saturated carbocycles. The van der Waals surface area contributed by atoms with E-state index < -0.39 is 0 Å². The number of hydrogen-bond acceptors (Lipinski definition) is 3. The van der Waals surface area contributed by atoms with E-state index in [0.29, 0.717) is 0 Å². The van der Waals surface area contributed by atoms with Crippen molar-refractivity contribution in [2.75, 3.05) is 20.3 Å². The lowest BCUT2D eigenvalue weighted by Gasteiger charge is -2.04. The normalized spacial score (nSPS) is 11.4. The van der Waals surface area contributed by atoms with E-state index in [9.17, 15) is 0 Å². The Morgan fingerprint density at radius 3 is 2.71 bits per heavy atom. The summed E-state index contributed by atoms with van der Waals surface area (Å²) in [6, 6.07) is 6.51. The number of methoxy groups -OCH3 is 1. The number of aryl methyl sites for hydroxylation is 1. The fraction of sp³-hybridized carbons (Fsp3) is 0.556. The summed E-state index contributed by atoms with van der Waals surface area (Å²) in [5.41, 5.74) is 3.69. The van der Waals surface area contributed by atoms with Crippen molar-refractivity contribution in [1.82, 2.24) is 5.32 Å². The van der Waals surface area contributed by atoms with E-state index in [4.69, 9.17) is 9.15 Å². The first-order valence-electron chi connectivity index (χ1n) is 8.03. The van der Waals surface area contributed by atoms with Crippen molar-refractivity contribution in [3.05, 3.63) is 35.1 Å². The predicted molar refractivity (Wildman–Crippen MR) is 87.8 cm³/mol. The lowest BCUT2D eigenvalue weighted by molar-refractivity contribution is 0.202. The van der Waals surface area contributed by atoms with E-state index in [2.05, 4.69) is 37.4 Å². The maximum absolute atomic E-state index is 6.06. The van der Waals surface area contributed by atoms with Crippen LogP contribution < -0.4 is 5.32 Å². The number of fused-ring (bicyclic) bond motifs is 1. The van der Waals surface area contributed by atoms with Crippen LogP contribution in [0.3, 0.4) is 0 Å². The van der Waals surface area contributed by atoms with Gasteiger partial charge in [-0.2, -0.15) is 0 Å². The van der Waals surface area contributed by atoms with E-state index in [1.54, 1.807) is 7.11 Å². The highest BCUT2D eigenvalue weighted by molar-refractivity contribution is 5.83. The van der Waals surface area contributed by atoms with Gasteiger partial charge in [0.2, 0.25) is 0 Å². The van der Waals surface area contributed by atoms with Gasteiger partial charge >= 0.3 is 0 Å². The van der Waals surface area contributed by atoms with Crippen molar-refractivity contribution >= 4 is 11.0 Å². The number of furan rings is 1. The Balaban J connectivity index is 2.28. The van der Waals surface area contributed by atoms with E-state index >= 15 is 0 Å². The molecule has 0 saturated heterocycles. The molecule has 1 aromatic heterocycles. The summed E-state index contributed by atoms with van der Waals surface area (Å²) in [7, 11) is 1.75. The van der Waals surface area contributed by atoms with Crippen molar-refractivity contribution in [1.29, 1.82) is 0 Å². The first kappa shape index (κ1) is 16.1. The largest absolute Gasteiger partial charge is 0.459 e. The minimum Gasteiger partial charge on any atom is -0.459 e. The van der Waals surface area contributed by atoms with Crippen LogP contribution in [0.5, 0.6) is 0 Å². The topological polar surface area (TPSA) is 34.4 Å². The van der Waals surface area contributed by atoms with Crippen molar-refractivity contribution in [3.63, 3.8) is 0 Å². The molecule has 0 aliphatic carbocycles. The fourth-order valence-electron chi connectivity index (χ4n) is 2.67. The maximum atomic E-state index is 6.06. The van der Waals surface area contributed by atoms with Crippen LogP contribution in [0.2, 0.25) is 0 Å². The molecule has 3 heteroatoms. The lowest BCUT2D eigenvalue weighted by Crippen LogP contribution is -2.14. The molecule has 0 spiro atoms. The molecule has 0 unspecified atom stereocenters. The Morgan fingerprint density at radius 2 is 2.00 bits per heavy atom. The fourth-order valence-corrected chi connectivity index (χ4v) is 2.67. The van der Waals surface area contributed by atoms with Gasteiger partial charge in [-0.1, -0.05) is 26.3 Å². The van der Waals surface area contributed by atoms with Crippen LogP contribution in [-0.2, 0) is 24.1 Å². The number of benzene rings is 1. The van der Waals surface area contributed by atoms with Crippen molar-refractivity contribution in [2.24, 2.45) is 0 Å². The summed E-state index contributed by atoms with van der Waals surface area (Å²) in [6.07, 6.45) is 4.30. The second-order valence-corrected chi connectivity index (χ2v) is 5.50. The molecule has 1 heterocycles. The van der Waals surface area contributed by atoms with Gasteiger partial charge in [0.05, 0.1) is 13.2 Å². The van der Waals surface area contributed by atoms with Gasteiger partial charge in [0.25, 0.3) is 0 Å². The Bertz CT molecular complexity index is 560. The summed E-state index contributed by atoms with van der Waals surface area (Å²) in [4.78, 5) is 0. The molecular formula is C18H27NO2. The molecule has 0 aliphatic heterocycles. The first-order valence-corrected chi connectivity index (χ1v) is 8.03. The Labute approximate surface area is 127 Å². The van der Waals surface area contributed by atoms with Gasteiger partial charge in [0.15, 0.2) is 0 Å². The quantitative estimate of drug-likeness (QED) is 0.707. The molecule has 3 nitrogen and oxygen atoms in total. The predicted octanol–water partition coefficient (Wildman–Crippen LogP) is 4.07. The molecular weight excluding hydrogens is 262 g/mol. The van der Waals surface area contributed by atoms with E-state index in [-0.39, 0.29) is 0 Å².